The van der Waals surface area contributed by atoms with Crippen LogP contribution in [-0.4, -0.2) is 47.7 Å². The van der Waals surface area contributed by atoms with E-state index < -0.39 is 5.60 Å². The smallest absolute Gasteiger partial charge is 0.218 e. The van der Waals surface area contributed by atoms with Gasteiger partial charge in [-0.3, -0.25) is 9.69 Å². The van der Waals surface area contributed by atoms with Crippen molar-refractivity contribution in [1.29, 1.82) is 0 Å². The third-order valence-corrected chi connectivity index (χ3v) is 6.68. The first kappa shape index (κ1) is 20.2. The number of hydrogen-bond acceptors (Lipinski definition) is 4. The highest BCUT2D eigenvalue weighted by molar-refractivity contribution is 5.73. The zero-order valence-electron chi connectivity index (χ0n) is 16.9. The van der Waals surface area contributed by atoms with Gasteiger partial charge in [-0.05, 0) is 50.8 Å². The van der Waals surface area contributed by atoms with Crippen LogP contribution in [0.3, 0.4) is 0 Å². The molecule has 150 valence electrons. The highest BCUT2D eigenvalue weighted by Gasteiger charge is 2.48. The van der Waals surface area contributed by atoms with Gasteiger partial charge in [0.1, 0.15) is 0 Å². The maximum atomic E-state index is 11.4. The Bertz CT molecular complexity index is 629. The normalized spacial score (nSPS) is 28.6. The van der Waals surface area contributed by atoms with Crippen LogP contribution in [0, 0.1) is 5.92 Å². The predicted molar refractivity (Wildman–Crippen MR) is 110 cm³/mol. The molecule has 0 radical (unpaired) electrons. The molecule has 1 saturated carbocycles. The van der Waals surface area contributed by atoms with E-state index in [1.54, 1.807) is 0 Å². The number of nitrogens with zero attached hydrogens (tertiary/aromatic N) is 2. The van der Waals surface area contributed by atoms with Crippen molar-refractivity contribution in [1.82, 2.24) is 4.90 Å². The molecule has 3 rings (SSSR count). The second kappa shape index (κ2) is 8.61. The largest absolute Gasteiger partial charge is 0.389 e. The summed E-state index contributed by atoms with van der Waals surface area (Å²) in [7, 11) is 0. The number of amides is 1. The molecule has 1 aromatic rings. The fraction of sp³-hybridized carbons (Fsp3) is 0.682. The Hall–Kier alpha value is -1.59. The number of rotatable bonds is 7. The summed E-state index contributed by atoms with van der Waals surface area (Å²) in [5.74, 6) is -0.0257. The fourth-order valence-electron chi connectivity index (χ4n) is 5.16. The number of piperidine rings is 1. The first-order chi connectivity index (χ1) is 13.0. The Kier molecular flexibility index (Phi) is 6.43. The van der Waals surface area contributed by atoms with E-state index >= 15 is 0 Å². The Balaban J connectivity index is 1.88. The minimum Gasteiger partial charge on any atom is -0.389 e. The molecule has 1 heterocycles. The topological polar surface area (TPSA) is 69.8 Å². The van der Waals surface area contributed by atoms with Crippen LogP contribution < -0.4 is 10.6 Å². The average Bonchev–Trinajstić information content (AvgIpc) is 2.67. The molecule has 3 unspecified atom stereocenters. The second-order valence-corrected chi connectivity index (χ2v) is 8.17. The van der Waals surface area contributed by atoms with Crippen molar-refractivity contribution in [2.75, 3.05) is 31.1 Å². The zero-order valence-corrected chi connectivity index (χ0v) is 16.9. The van der Waals surface area contributed by atoms with Crippen molar-refractivity contribution in [3.63, 3.8) is 0 Å². The SMILES string of the molecule is CCN(CC)c1ccc(C2C3CCCCC3(O)CCN2CCC(N)=O)cc1. The van der Waals surface area contributed by atoms with Crippen LogP contribution in [0.1, 0.15) is 64.0 Å². The number of anilines is 1. The summed E-state index contributed by atoms with van der Waals surface area (Å²) >= 11 is 0. The predicted octanol–water partition coefficient (Wildman–Crippen LogP) is 3.08. The molecular formula is C22H35N3O2. The number of carbonyl (C=O) groups excluding carboxylic acids is 1. The van der Waals surface area contributed by atoms with E-state index in [1.165, 1.54) is 17.7 Å². The van der Waals surface area contributed by atoms with Crippen molar-refractivity contribution in [3.05, 3.63) is 29.8 Å². The maximum absolute atomic E-state index is 11.4. The molecule has 1 amide bonds. The van der Waals surface area contributed by atoms with Gasteiger partial charge in [0.05, 0.1) is 5.60 Å². The van der Waals surface area contributed by atoms with E-state index in [2.05, 4.69) is 47.9 Å². The van der Waals surface area contributed by atoms with Crippen LogP contribution in [0.25, 0.3) is 0 Å². The molecule has 1 aliphatic heterocycles. The highest BCUT2D eigenvalue weighted by Crippen LogP contribution is 2.49. The number of aliphatic hydroxyl groups is 1. The highest BCUT2D eigenvalue weighted by atomic mass is 16.3. The molecule has 27 heavy (non-hydrogen) atoms. The lowest BCUT2D eigenvalue weighted by Gasteiger charge is -2.52. The summed E-state index contributed by atoms with van der Waals surface area (Å²) in [6.07, 6.45) is 5.40. The molecule has 5 heteroatoms. The monoisotopic (exact) mass is 373 g/mol. The maximum Gasteiger partial charge on any atom is 0.218 e. The van der Waals surface area contributed by atoms with Crippen LogP contribution in [0.2, 0.25) is 0 Å². The van der Waals surface area contributed by atoms with E-state index in [0.717, 1.165) is 45.3 Å². The van der Waals surface area contributed by atoms with E-state index in [9.17, 15) is 9.90 Å². The Morgan fingerprint density at radius 2 is 1.93 bits per heavy atom. The molecule has 5 nitrogen and oxygen atoms in total. The molecular weight excluding hydrogens is 338 g/mol. The van der Waals surface area contributed by atoms with Crippen LogP contribution in [0.4, 0.5) is 5.69 Å². The molecule has 0 bridgehead atoms. The standard InChI is InChI=1S/C22H35N3O2/c1-3-24(4-2)18-10-8-17(9-11-18)21-19-7-5-6-13-22(19,27)14-16-25(21)15-12-20(23)26/h8-11,19,21,27H,3-7,12-16H2,1-2H3,(H2,23,26). The summed E-state index contributed by atoms with van der Waals surface area (Å²) in [5, 5.41) is 11.3. The molecule has 2 aliphatic rings. The third-order valence-electron chi connectivity index (χ3n) is 6.68. The molecule has 0 aromatic heterocycles. The van der Waals surface area contributed by atoms with E-state index in [1.807, 2.05) is 0 Å². The third kappa shape index (κ3) is 4.30. The summed E-state index contributed by atoms with van der Waals surface area (Å²) < 4.78 is 0. The van der Waals surface area contributed by atoms with Crippen molar-refractivity contribution in [3.8, 4) is 0 Å². The van der Waals surface area contributed by atoms with E-state index in [4.69, 9.17) is 5.73 Å². The molecule has 3 atom stereocenters. The Morgan fingerprint density at radius 1 is 1.22 bits per heavy atom. The average molecular weight is 374 g/mol. The summed E-state index contributed by atoms with van der Waals surface area (Å²) in [4.78, 5) is 16.1. The van der Waals surface area contributed by atoms with Gasteiger partial charge in [-0.25, -0.2) is 0 Å². The number of benzene rings is 1. The number of fused-ring (bicyclic) bond motifs is 1. The number of hydrogen-bond donors (Lipinski definition) is 2. The van der Waals surface area contributed by atoms with Crippen LogP contribution >= 0.6 is 0 Å². The molecule has 2 fully saturated rings. The molecule has 3 N–H and O–H groups in total. The van der Waals surface area contributed by atoms with Gasteiger partial charge in [-0.1, -0.05) is 25.0 Å². The number of carbonyl (C=O) groups is 1. The lowest BCUT2D eigenvalue weighted by molar-refractivity contribution is -0.128. The van der Waals surface area contributed by atoms with Gasteiger partial charge in [-0.15, -0.1) is 0 Å². The fourth-order valence-corrected chi connectivity index (χ4v) is 5.16. The van der Waals surface area contributed by atoms with Crippen LogP contribution in [0.15, 0.2) is 24.3 Å². The van der Waals surface area contributed by atoms with Crippen LogP contribution in [0.5, 0.6) is 0 Å². The number of primary amides is 1. The molecule has 0 spiro atoms. The van der Waals surface area contributed by atoms with Gasteiger partial charge >= 0.3 is 0 Å². The molecule has 1 aliphatic carbocycles. The number of nitrogens with two attached hydrogens (primary N) is 1. The minimum atomic E-state index is -0.566. The quantitative estimate of drug-likeness (QED) is 0.771. The van der Waals surface area contributed by atoms with Gasteiger partial charge in [0, 0.05) is 50.2 Å². The number of likely N-dealkylation sites (tertiary alicyclic amines) is 1. The van der Waals surface area contributed by atoms with Gasteiger partial charge in [0.25, 0.3) is 0 Å². The van der Waals surface area contributed by atoms with Crippen molar-refractivity contribution in [2.24, 2.45) is 11.7 Å². The van der Waals surface area contributed by atoms with Gasteiger partial charge < -0.3 is 15.7 Å². The van der Waals surface area contributed by atoms with Crippen molar-refractivity contribution in [2.45, 2.75) is 64.0 Å². The van der Waals surface area contributed by atoms with E-state index in [0.29, 0.717) is 13.0 Å². The molecule has 1 saturated heterocycles. The zero-order chi connectivity index (χ0) is 19.4. The minimum absolute atomic E-state index is 0.161. The summed E-state index contributed by atoms with van der Waals surface area (Å²) in [6, 6.07) is 9.00. The van der Waals surface area contributed by atoms with Gasteiger partial charge in [0.15, 0.2) is 0 Å². The van der Waals surface area contributed by atoms with E-state index in [-0.39, 0.29) is 17.9 Å². The van der Waals surface area contributed by atoms with Crippen molar-refractivity contribution >= 4 is 11.6 Å². The van der Waals surface area contributed by atoms with Crippen molar-refractivity contribution < 1.29 is 9.90 Å². The lowest BCUT2D eigenvalue weighted by Crippen LogP contribution is -2.55. The van der Waals surface area contributed by atoms with Gasteiger partial charge in [0.2, 0.25) is 5.91 Å². The Labute approximate surface area is 163 Å². The summed E-state index contributed by atoms with van der Waals surface area (Å²) in [6.45, 7) is 7.82. The molecule has 1 aromatic carbocycles. The first-order valence-corrected chi connectivity index (χ1v) is 10.6. The Morgan fingerprint density at radius 3 is 2.56 bits per heavy atom. The lowest BCUT2D eigenvalue weighted by atomic mass is 9.66. The first-order valence-electron chi connectivity index (χ1n) is 10.6. The second-order valence-electron chi connectivity index (χ2n) is 8.17. The van der Waals surface area contributed by atoms with Crippen LogP contribution in [-0.2, 0) is 4.79 Å². The van der Waals surface area contributed by atoms with Gasteiger partial charge in [-0.2, -0.15) is 0 Å². The summed E-state index contributed by atoms with van der Waals surface area (Å²) in [5.41, 5.74) is 7.34.